The van der Waals surface area contributed by atoms with Gasteiger partial charge in [0.25, 0.3) is 0 Å². The normalized spacial score (nSPS) is 16.1. The Balaban J connectivity index is 1.67. The molecule has 0 aliphatic carbocycles. The molecule has 1 saturated heterocycles. The lowest BCUT2D eigenvalue weighted by Gasteiger charge is -2.32. The molecule has 1 fully saturated rings. The zero-order valence-electron chi connectivity index (χ0n) is 17.2. The predicted octanol–water partition coefficient (Wildman–Crippen LogP) is 2.74. The molecule has 30 heavy (non-hydrogen) atoms. The number of nitrogens with zero attached hydrogens (tertiary/aromatic N) is 1. The fourth-order valence-corrected chi connectivity index (χ4v) is 3.38. The highest BCUT2D eigenvalue weighted by molar-refractivity contribution is 5.76. The van der Waals surface area contributed by atoms with Crippen molar-refractivity contribution >= 4 is 17.9 Å². The number of urea groups is 1. The summed E-state index contributed by atoms with van der Waals surface area (Å²) in [5.74, 6) is -2.16. The van der Waals surface area contributed by atoms with Crippen molar-refractivity contribution in [2.75, 3.05) is 26.2 Å². The minimum absolute atomic E-state index is 0.134. The number of likely N-dealkylation sites (tertiary alicyclic amines) is 1. The van der Waals surface area contributed by atoms with Gasteiger partial charge in [0.2, 0.25) is 5.91 Å². The Labute approximate surface area is 175 Å². The van der Waals surface area contributed by atoms with Crippen molar-refractivity contribution in [3.8, 4) is 0 Å². The Bertz CT molecular complexity index is 745. The number of hydrogen-bond donors (Lipinski definition) is 2. The van der Waals surface area contributed by atoms with Crippen LogP contribution < -0.4 is 10.6 Å². The molecule has 1 heterocycles. The standard InChI is InChI=1S/C21H29F2N3O4/c1-2-30-20(28)9-10-24-21(29)26-11-3-4-15(14-26)6-8-19(27)25-13-16-5-7-17(22)18(23)12-16/h5,7,12,15H,2-4,6,8-11,13-14H2,1H3,(H,24,29)(H,25,27)/t15-/m1/s1. The number of carbonyl (C=O) groups excluding carboxylic acids is 3. The molecule has 1 aromatic rings. The summed E-state index contributed by atoms with van der Waals surface area (Å²) >= 11 is 0. The van der Waals surface area contributed by atoms with Crippen molar-refractivity contribution in [2.45, 2.75) is 45.6 Å². The van der Waals surface area contributed by atoms with E-state index in [9.17, 15) is 23.2 Å². The Morgan fingerprint density at radius 2 is 1.97 bits per heavy atom. The molecule has 166 valence electrons. The van der Waals surface area contributed by atoms with Crippen LogP contribution >= 0.6 is 0 Å². The zero-order chi connectivity index (χ0) is 21.9. The van der Waals surface area contributed by atoms with Gasteiger partial charge in [-0.05, 0) is 49.8 Å². The molecule has 0 radical (unpaired) electrons. The van der Waals surface area contributed by atoms with Gasteiger partial charge in [-0.25, -0.2) is 13.6 Å². The minimum Gasteiger partial charge on any atom is -0.466 e. The first-order valence-corrected chi connectivity index (χ1v) is 10.3. The molecule has 3 amide bonds. The highest BCUT2D eigenvalue weighted by Crippen LogP contribution is 2.21. The monoisotopic (exact) mass is 425 g/mol. The van der Waals surface area contributed by atoms with Crippen molar-refractivity contribution in [3.63, 3.8) is 0 Å². The second-order valence-electron chi connectivity index (χ2n) is 7.31. The van der Waals surface area contributed by atoms with Crippen LogP contribution in [0.15, 0.2) is 18.2 Å². The van der Waals surface area contributed by atoms with E-state index in [1.165, 1.54) is 6.07 Å². The summed E-state index contributed by atoms with van der Waals surface area (Å²) in [6.45, 7) is 3.61. The molecule has 0 saturated carbocycles. The summed E-state index contributed by atoms with van der Waals surface area (Å²) in [4.78, 5) is 37.4. The van der Waals surface area contributed by atoms with E-state index in [2.05, 4.69) is 10.6 Å². The number of piperidine rings is 1. The molecule has 2 rings (SSSR count). The van der Waals surface area contributed by atoms with Crippen LogP contribution in [0.4, 0.5) is 13.6 Å². The maximum Gasteiger partial charge on any atom is 0.317 e. The number of carbonyl (C=O) groups is 3. The third-order valence-electron chi connectivity index (χ3n) is 4.97. The first kappa shape index (κ1) is 23.6. The van der Waals surface area contributed by atoms with Crippen LogP contribution in [0, 0.1) is 17.6 Å². The number of ether oxygens (including phenoxy) is 1. The lowest BCUT2D eigenvalue weighted by atomic mass is 9.93. The summed E-state index contributed by atoms with van der Waals surface area (Å²) in [6, 6.07) is 3.31. The van der Waals surface area contributed by atoms with Crippen molar-refractivity contribution in [3.05, 3.63) is 35.4 Å². The molecular formula is C21H29F2N3O4. The van der Waals surface area contributed by atoms with Gasteiger partial charge in [0.15, 0.2) is 11.6 Å². The van der Waals surface area contributed by atoms with Crippen molar-refractivity contribution in [1.29, 1.82) is 0 Å². The van der Waals surface area contributed by atoms with Gasteiger partial charge in [-0.15, -0.1) is 0 Å². The van der Waals surface area contributed by atoms with E-state index in [1.54, 1.807) is 11.8 Å². The van der Waals surface area contributed by atoms with Crippen LogP contribution in [-0.2, 0) is 20.9 Å². The van der Waals surface area contributed by atoms with Crippen LogP contribution in [0.2, 0.25) is 0 Å². The molecule has 1 aliphatic rings. The third-order valence-corrected chi connectivity index (χ3v) is 4.97. The summed E-state index contributed by atoms with van der Waals surface area (Å²) in [5.41, 5.74) is 0.491. The number of rotatable bonds is 9. The molecule has 1 aromatic carbocycles. The van der Waals surface area contributed by atoms with Gasteiger partial charge in [-0.3, -0.25) is 9.59 Å². The second-order valence-corrected chi connectivity index (χ2v) is 7.31. The molecule has 0 unspecified atom stereocenters. The lowest BCUT2D eigenvalue weighted by Crippen LogP contribution is -2.46. The van der Waals surface area contributed by atoms with Gasteiger partial charge in [-0.2, -0.15) is 0 Å². The van der Waals surface area contributed by atoms with Gasteiger partial charge in [0.05, 0.1) is 13.0 Å². The first-order valence-electron chi connectivity index (χ1n) is 10.3. The topological polar surface area (TPSA) is 87.7 Å². The number of benzene rings is 1. The van der Waals surface area contributed by atoms with Crippen molar-refractivity contribution in [2.24, 2.45) is 5.92 Å². The zero-order valence-corrected chi connectivity index (χ0v) is 17.2. The van der Waals surface area contributed by atoms with Gasteiger partial charge in [-0.1, -0.05) is 6.07 Å². The summed E-state index contributed by atoms with van der Waals surface area (Å²) in [7, 11) is 0. The second kappa shape index (κ2) is 12.1. The van der Waals surface area contributed by atoms with E-state index in [0.29, 0.717) is 38.1 Å². The van der Waals surface area contributed by atoms with Crippen LogP contribution in [-0.4, -0.2) is 49.0 Å². The highest BCUT2D eigenvalue weighted by Gasteiger charge is 2.24. The Hall–Kier alpha value is -2.71. The molecule has 1 aliphatic heterocycles. The van der Waals surface area contributed by atoms with Crippen LogP contribution in [0.25, 0.3) is 0 Å². The molecule has 0 aromatic heterocycles. The fourth-order valence-electron chi connectivity index (χ4n) is 3.38. The number of nitrogens with one attached hydrogen (secondary N) is 2. The van der Waals surface area contributed by atoms with E-state index in [0.717, 1.165) is 25.0 Å². The average Bonchev–Trinajstić information content (AvgIpc) is 2.73. The van der Waals surface area contributed by atoms with E-state index < -0.39 is 11.6 Å². The summed E-state index contributed by atoms with van der Waals surface area (Å²) < 4.78 is 31.0. The maximum absolute atomic E-state index is 13.2. The molecule has 7 nitrogen and oxygen atoms in total. The summed E-state index contributed by atoms with van der Waals surface area (Å²) in [6.07, 6.45) is 2.85. The highest BCUT2D eigenvalue weighted by atomic mass is 19.2. The van der Waals surface area contributed by atoms with Crippen LogP contribution in [0.1, 0.15) is 44.6 Å². The Morgan fingerprint density at radius 1 is 1.17 bits per heavy atom. The number of esters is 1. The number of halogens is 2. The molecule has 0 bridgehead atoms. The fraction of sp³-hybridized carbons (Fsp3) is 0.571. The Kier molecular flexibility index (Phi) is 9.50. The molecule has 2 N–H and O–H groups in total. The van der Waals surface area contributed by atoms with E-state index >= 15 is 0 Å². The van der Waals surface area contributed by atoms with Crippen molar-refractivity contribution in [1.82, 2.24) is 15.5 Å². The molecule has 1 atom stereocenters. The predicted molar refractivity (Wildman–Crippen MR) is 106 cm³/mol. The third kappa shape index (κ3) is 7.96. The largest absolute Gasteiger partial charge is 0.466 e. The number of amides is 3. The van der Waals surface area contributed by atoms with E-state index in [4.69, 9.17) is 4.74 Å². The number of hydrogen-bond acceptors (Lipinski definition) is 4. The van der Waals surface area contributed by atoms with Crippen LogP contribution in [0.3, 0.4) is 0 Å². The van der Waals surface area contributed by atoms with E-state index in [1.807, 2.05) is 0 Å². The van der Waals surface area contributed by atoms with Gasteiger partial charge >= 0.3 is 12.0 Å². The minimum atomic E-state index is -0.940. The molecule has 0 spiro atoms. The van der Waals surface area contributed by atoms with Gasteiger partial charge in [0.1, 0.15) is 0 Å². The van der Waals surface area contributed by atoms with Crippen molar-refractivity contribution < 1.29 is 27.9 Å². The SMILES string of the molecule is CCOC(=O)CCNC(=O)N1CCC[C@H](CCC(=O)NCc2ccc(F)c(F)c2)C1. The average molecular weight is 425 g/mol. The van der Waals surface area contributed by atoms with E-state index in [-0.39, 0.29) is 43.3 Å². The van der Waals surface area contributed by atoms with Gasteiger partial charge in [0, 0.05) is 32.6 Å². The molecular weight excluding hydrogens is 396 g/mol. The summed E-state index contributed by atoms with van der Waals surface area (Å²) in [5, 5.41) is 5.43. The van der Waals surface area contributed by atoms with Crippen LogP contribution in [0.5, 0.6) is 0 Å². The van der Waals surface area contributed by atoms with Gasteiger partial charge < -0.3 is 20.3 Å². The Morgan fingerprint density at radius 3 is 2.70 bits per heavy atom. The maximum atomic E-state index is 13.2. The quantitative estimate of drug-likeness (QED) is 0.596. The lowest BCUT2D eigenvalue weighted by molar-refractivity contribution is -0.142. The molecule has 9 heteroatoms. The smallest absolute Gasteiger partial charge is 0.317 e. The first-order chi connectivity index (χ1) is 14.4.